The number of nitrogens with one attached hydrogen (secondary N) is 2. The normalized spacial score (nSPS) is 28.0. The summed E-state index contributed by atoms with van der Waals surface area (Å²) in [6.45, 7) is 7.28. The van der Waals surface area contributed by atoms with Crippen LogP contribution in [-0.4, -0.2) is 71.9 Å². The lowest BCUT2D eigenvalue weighted by Gasteiger charge is -2.51. The monoisotopic (exact) mass is 454 g/mol. The minimum Gasteiger partial charge on any atom is -0.394 e. The van der Waals surface area contributed by atoms with E-state index in [0.29, 0.717) is 12.8 Å². The van der Waals surface area contributed by atoms with Crippen LogP contribution < -0.4 is 16.6 Å². The van der Waals surface area contributed by atoms with E-state index in [1.165, 1.54) is 15.8 Å². The Labute approximate surface area is 186 Å². The molecule has 0 unspecified atom stereocenters. The maximum absolute atomic E-state index is 12.6. The van der Waals surface area contributed by atoms with Crippen molar-refractivity contribution in [2.24, 2.45) is 0 Å². The second-order valence-electron chi connectivity index (χ2n) is 10.0. The molecule has 0 saturated carbocycles. The molecular formula is C21H34N4O7. The average Bonchev–Trinajstić information content (AvgIpc) is 3.05. The number of aliphatic hydroxyl groups is 2. The van der Waals surface area contributed by atoms with Crippen LogP contribution in [0.15, 0.2) is 15.8 Å². The maximum atomic E-state index is 12.6. The summed E-state index contributed by atoms with van der Waals surface area (Å²) in [7, 11) is 0. The predicted octanol–water partition coefficient (Wildman–Crippen LogP) is -0.363. The number of ether oxygens (including phenoxy) is 1. The molecule has 180 valence electrons. The quantitative estimate of drug-likeness (QED) is 0.390. The zero-order valence-corrected chi connectivity index (χ0v) is 19.0. The van der Waals surface area contributed by atoms with Crippen LogP contribution in [0.1, 0.15) is 65.2 Å². The summed E-state index contributed by atoms with van der Waals surface area (Å²) in [5.74, 6) is -0.224. The van der Waals surface area contributed by atoms with Crippen molar-refractivity contribution in [2.45, 2.75) is 95.4 Å². The molecule has 3 rings (SSSR count). The Balaban J connectivity index is 1.65. The molecule has 11 heteroatoms. The first-order valence-electron chi connectivity index (χ1n) is 10.9. The summed E-state index contributed by atoms with van der Waals surface area (Å²) in [6.07, 6.45) is 0.250. The van der Waals surface area contributed by atoms with Crippen LogP contribution in [0.2, 0.25) is 0 Å². The summed E-state index contributed by atoms with van der Waals surface area (Å²) in [6, 6.07) is -0.119. The molecule has 2 aliphatic heterocycles. The van der Waals surface area contributed by atoms with Crippen molar-refractivity contribution in [3.8, 4) is 0 Å². The standard InChI is InChI=1S/C21H34N4O7/c1-20(2)8-13(9-21(3,4)25(20)31)22-16(28)6-5-12-10-24(19(30)23-18(12)29)17-7-14(27)15(11-26)32-17/h10,13-15,17,26-27,31H,5-9,11H2,1-4H3,(H,22,28)(H,23,29,30)/t14-,15+,17+/m0/s1. The first kappa shape index (κ1) is 24.6. The lowest BCUT2D eigenvalue weighted by molar-refractivity contribution is -0.246. The van der Waals surface area contributed by atoms with Gasteiger partial charge in [-0.05, 0) is 47.0 Å². The Morgan fingerprint density at radius 1 is 1.25 bits per heavy atom. The van der Waals surface area contributed by atoms with E-state index in [-0.39, 0.29) is 43.4 Å². The van der Waals surface area contributed by atoms with Gasteiger partial charge >= 0.3 is 5.69 Å². The largest absolute Gasteiger partial charge is 0.394 e. The molecule has 0 spiro atoms. The van der Waals surface area contributed by atoms with Gasteiger partial charge in [0.25, 0.3) is 5.56 Å². The van der Waals surface area contributed by atoms with Gasteiger partial charge in [-0.15, -0.1) is 0 Å². The topological polar surface area (TPSA) is 157 Å². The number of aryl methyl sites for hydroxylation is 1. The number of hydrogen-bond donors (Lipinski definition) is 5. The molecule has 2 saturated heterocycles. The highest BCUT2D eigenvalue weighted by molar-refractivity contribution is 5.76. The van der Waals surface area contributed by atoms with Gasteiger partial charge in [0.1, 0.15) is 12.3 Å². The Bertz CT molecular complexity index is 936. The van der Waals surface area contributed by atoms with Gasteiger partial charge in [0.2, 0.25) is 5.91 Å². The van der Waals surface area contributed by atoms with Crippen LogP contribution in [0.25, 0.3) is 0 Å². The molecule has 0 aromatic carbocycles. The highest BCUT2D eigenvalue weighted by Gasteiger charge is 2.45. The number of carbonyl (C=O) groups is 1. The number of rotatable bonds is 6. The number of carbonyl (C=O) groups excluding carboxylic acids is 1. The predicted molar refractivity (Wildman–Crippen MR) is 114 cm³/mol. The summed E-state index contributed by atoms with van der Waals surface area (Å²) in [5, 5.41) is 33.9. The summed E-state index contributed by atoms with van der Waals surface area (Å²) in [4.78, 5) is 39.3. The highest BCUT2D eigenvalue weighted by atomic mass is 16.5. The van der Waals surface area contributed by atoms with Crippen LogP contribution in [-0.2, 0) is 16.0 Å². The lowest BCUT2D eigenvalue weighted by Crippen LogP contribution is -2.62. The molecule has 3 heterocycles. The molecule has 2 aliphatic rings. The third kappa shape index (κ3) is 5.12. The summed E-state index contributed by atoms with van der Waals surface area (Å²) in [5.41, 5.74) is -2.00. The Kier molecular flexibility index (Phi) is 6.97. The highest BCUT2D eigenvalue weighted by Crippen LogP contribution is 2.36. The third-order valence-corrected chi connectivity index (χ3v) is 6.36. The molecule has 0 bridgehead atoms. The molecule has 1 aromatic heterocycles. The van der Waals surface area contributed by atoms with Crippen LogP contribution in [0.5, 0.6) is 0 Å². The fourth-order valence-corrected chi connectivity index (χ4v) is 4.89. The van der Waals surface area contributed by atoms with Crippen molar-refractivity contribution in [1.29, 1.82) is 0 Å². The smallest absolute Gasteiger partial charge is 0.330 e. The second-order valence-corrected chi connectivity index (χ2v) is 10.0. The van der Waals surface area contributed by atoms with E-state index in [1.807, 2.05) is 27.7 Å². The molecule has 0 radical (unpaired) electrons. The van der Waals surface area contributed by atoms with Gasteiger partial charge in [-0.25, -0.2) is 4.79 Å². The van der Waals surface area contributed by atoms with E-state index in [4.69, 9.17) is 4.74 Å². The van der Waals surface area contributed by atoms with Crippen LogP contribution in [0, 0.1) is 0 Å². The van der Waals surface area contributed by atoms with E-state index in [2.05, 4.69) is 10.3 Å². The third-order valence-electron chi connectivity index (χ3n) is 6.36. The fraction of sp³-hybridized carbons (Fsp3) is 0.762. The molecule has 32 heavy (non-hydrogen) atoms. The molecule has 11 nitrogen and oxygen atoms in total. The van der Waals surface area contributed by atoms with Gasteiger partial charge in [-0.1, -0.05) is 0 Å². The van der Waals surface area contributed by atoms with E-state index in [1.54, 1.807) is 0 Å². The van der Waals surface area contributed by atoms with Crippen molar-refractivity contribution >= 4 is 5.91 Å². The Hall–Kier alpha value is -2.05. The SMILES string of the molecule is CC1(C)CC(NC(=O)CCc2cn([C@H]3C[C@H](O)[C@@H](CO)O3)c(=O)[nH]c2=O)CC(C)(C)N1O. The van der Waals surface area contributed by atoms with Gasteiger partial charge in [0, 0.05) is 41.7 Å². The second kappa shape index (κ2) is 9.06. The van der Waals surface area contributed by atoms with E-state index in [0.717, 1.165) is 0 Å². The van der Waals surface area contributed by atoms with Crippen molar-refractivity contribution < 1.29 is 25.0 Å². The molecule has 1 amide bonds. The zero-order valence-electron chi connectivity index (χ0n) is 19.0. The van der Waals surface area contributed by atoms with E-state index >= 15 is 0 Å². The first-order chi connectivity index (χ1) is 14.8. The summed E-state index contributed by atoms with van der Waals surface area (Å²) < 4.78 is 6.67. The number of hydrogen-bond acceptors (Lipinski definition) is 8. The number of hydroxylamine groups is 2. The van der Waals surface area contributed by atoms with Gasteiger partial charge in [-0.3, -0.25) is 19.1 Å². The first-order valence-corrected chi connectivity index (χ1v) is 10.9. The number of aliphatic hydroxyl groups excluding tert-OH is 2. The Morgan fingerprint density at radius 2 is 1.88 bits per heavy atom. The molecule has 1 aromatic rings. The van der Waals surface area contributed by atoms with E-state index in [9.17, 15) is 29.8 Å². The zero-order chi connectivity index (χ0) is 23.8. The minimum absolute atomic E-state index is 0.0505. The fourth-order valence-electron chi connectivity index (χ4n) is 4.89. The molecule has 0 aliphatic carbocycles. The molecule has 2 fully saturated rings. The number of H-pyrrole nitrogens is 1. The summed E-state index contributed by atoms with van der Waals surface area (Å²) >= 11 is 0. The number of piperidine rings is 1. The van der Waals surface area contributed by atoms with Crippen LogP contribution in [0.4, 0.5) is 0 Å². The number of nitrogens with zero attached hydrogens (tertiary/aromatic N) is 2. The van der Waals surface area contributed by atoms with Gasteiger partial charge < -0.3 is 25.5 Å². The van der Waals surface area contributed by atoms with Gasteiger partial charge in [0.05, 0.1) is 12.7 Å². The van der Waals surface area contributed by atoms with Crippen LogP contribution in [0.3, 0.4) is 0 Å². The minimum atomic E-state index is -0.920. The number of aromatic amines is 1. The lowest BCUT2D eigenvalue weighted by atomic mass is 9.79. The number of aromatic nitrogens is 2. The van der Waals surface area contributed by atoms with Crippen LogP contribution >= 0.6 is 0 Å². The Morgan fingerprint density at radius 3 is 2.44 bits per heavy atom. The maximum Gasteiger partial charge on any atom is 0.330 e. The van der Waals surface area contributed by atoms with Crippen molar-refractivity contribution in [2.75, 3.05) is 6.61 Å². The van der Waals surface area contributed by atoms with Gasteiger partial charge in [0.15, 0.2) is 0 Å². The molecule has 5 N–H and O–H groups in total. The average molecular weight is 455 g/mol. The molecular weight excluding hydrogens is 420 g/mol. The van der Waals surface area contributed by atoms with Crippen molar-refractivity contribution in [1.82, 2.24) is 19.9 Å². The number of amides is 1. The molecule has 3 atom stereocenters. The van der Waals surface area contributed by atoms with Crippen molar-refractivity contribution in [3.05, 3.63) is 32.6 Å². The van der Waals surface area contributed by atoms with E-state index < -0.39 is 40.8 Å². The van der Waals surface area contributed by atoms with Crippen molar-refractivity contribution in [3.63, 3.8) is 0 Å². The van der Waals surface area contributed by atoms with Gasteiger partial charge in [-0.2, -0.15) is 5.06 Å².